The molecule has 13 nitrogen and oxygen atoms in total. The highest BCUT2D eigenvalue weighted by molar-refractivity contribution is 7.46. The number of carbonyl (C=O) groups excluding carboxylic acids is 1. The lowest BCUT2D eigenvalue weighted by atomic mass is 10.1. The van der Waals surface area contributed by atoms with Crippen molar-refractivity contribution in [3.05, 3.63) is 32.6 Å². The summed E-state index contributed by atoms with van der Waals surface area (Å²) in [6, 6.07) is 0. The molecule has 1 saturated heterocycles. The number of aromatic nitrogens is 2. The highest BCUT2D eigenvalue weighted by atomic mass is 31.2. The smallest absolute Gasteiger partial charge is 0.459 e. The van der Waals surface area contributed by atoms with Gasteiger partial charge in [-0.1, -0.05) is 13.8 Å². The predicted molar refractivity (Wildman–Crippen MR) is 141 cm³/mol. The standard InChI is InChI=1S/C24H43N4O9P/c1-6-26(7-2)12-14-28(8-3,9-4)13-10-11-22(29)37-19-15-21(36-20(19)17-35-38(32,33)34)27-16-18(5)23(30)25-24(27)31/h16,19-21H,6-15,17H2,1-5H3,(H2-,25,30,31,32,33,34)/p+1. The molecular formula is C24H44N4O9P+. The topological polar surface area (TPSA) is 160 Å². The van der Waals surface area contributed by atoms with Gasteiger partial charge in [0, 0.05) is 31.1 Å². The largest absolute Gasteiger partial charge is 0.469 e. The molecular weight excluding hydrogens is 519 g/mol. The molecule has 2 heterocycles. The number of phosphoric ester groups is 1. The fourth-order valence-electron chi connectivity index (χ4n) is 4.76. The van der Waals surface area contributed by atoms with Gasteiger partial charge < -0.3 is 23.7 Å². The first-order valence-electron chi connectivity index (χ1n) is 13.3. The third-order valence-corrected chi connectivity index (χ3v) is 7.95. The van der Waals surface area contributed by atoms with Gasteiger partial charge in [-0.15, -0.1) is 0 Å². The van der Waals surface area contributed by atoms with Gasteiger partial charge in [-0.2, -0.15) is 0 Å². The number of nitrogens with zero attached hydrogens (tertiary/aromatic N) is 3. The Kier molecular flexibility index (Phi) is 12.3. The van der Waals surface area contributed by atoms with Crippen LogP contribution in [-0.2, 0) is 23.4 Å². The van der Waals surface area contributed by atoms with Crippen molar-refractivity contribution < 1.29 is 37.6 Å². The van der Waals surface area contributed by atoms with E-state index in [-0.39, 0.29) is 18.4 Å². The first-order chi connectivity index (χ1) is 17.9. The zero-order valence-corrected chi connectivity index (χ0v) is 24.0. The van der Waals surface area contributed by atoms with Gasteiger partial charge >= 0.3 is 19.5 Å². The van der Waals surface area contributed by atoms with E-state index in [0.717, 1.165) is 50.3 Å². The fourth-order valence-corrected chi connectivity index (χ4v) is 5.10. The van der Waals surface area contributed by atoms with E-state index in [0.29, 0.717) is 6.42 Å². The van der Waals surface area contributed by atoms with Gasteiger partial charge in [0.2, 0.25) is 0 Å². The summed E-state index contributed by atoms with van der Waals surface area (Å²) in [6.45, 7) is 16.3. The number of likely N-dealkylation sites (N-methyl/N-ethyl adjacent to an activating group) is 2. The number of carbonyl (C=O) groups is 1. The molecule has 3 N–H and O–H groups in total. The maximum atomic E-state index is 12.8. The Morgan fingerprint density at radius 1 is 1.21 bits per heavy atom. The Balaban J connectivity index is 2.04. The van der Waals surface area contributed by atoms with Crippen molar-refractivity contribution in [1.29, 1.82) is 0 Å². The molecule has 0 aliphatic carbocycles. The zero-order chi connectivity index (χ0) is 28.5. The van der Waals surface area contributed by atoms with Gasteiger partial charge in [0.1, 0.15) is 18.4 Å². The van der Waals surface area contributed by atoms with Crippen molar-refractivity contribution in [1.82, 2.24) is 14.5 Å². The van der Waals surface area contributed by atoms with Gasteiger partial charge in [0.05, 0.1) is 39.2 Å². The summed E-state index contributed by atoms with van der Waals surface area (Å²) in [5.41, 5.74) is -0.948. The number of rotatable bonds is 16. The summed E-state index contributed by atoms with van der Waals surface area (Å²) in [5, 5.41) is 0. The van der Waals surface area contributed by atoms with Crippen LogP contribution in [0.15, 0.2) is 15.8 Å². The molecule has 1 aliphatic heterocycles. The van der Waals surface area contributed by atoms with Crippen LogP contribution in [0.3, 0.4) is 0 Å². The Labute approximate surface area is 223 Å². The van der Waals surface area contributed by atoms with E-state index in [1.165, 1.54) is 17.7 Å². The Hall–Kier alpha value is -1.86. The van der Waals surface area contributed by atoms with Crippen molar-refractivity contribution in [3.63, 3.8) is 0 Å². The van der Waals surface area contributed by atoms with Gasteiger partial charge in [-0.3, -0.25) is 28.6 Å². The third kappa shape index (κ3) is 9.41. The minimum Gasteiger partial charge on any atom is -0.459 e. The number of hydrogen-bond donors (Lipinski definition) is 3. The second kappa shape index (κ2) is 14.5. The van der Waals surface area contributed by atoms with Crippen LogP contribution in [-0.4, -0.2) is 99.3 Å². The van der Waals surface area contributed by atoms with Gasteiger partial charge in [0.15, 0.2) is 0 Å². The maximum absolute atomic E-state index is 12.8. The predicted octanol–water partition coefficient (Wildman–Crippen LogP) is 1.13. The first kappa shape index (κ1) is 32.4. The van der Waals surface area contributed by atoms with E-state index in [2.05, 4.69) is 42.1 Å². The molecule has 14 heteroatoms. The average Bonchev–Trinajstić information content (AvgIpc) is 3.26. The molecule has 1 aliphatic rings. The van der Waals surface area contributed by atoms with Crippen molar-refractivity contribution in [2.24, 2.45) is 0 Å². The van der Waals surface area contributed by atoms with Crippen LogP contribution in [0.4, 0.5) is 0 Å². The summed E-state index contributed by atoms with van der Waals surface area (Å²) in [7, 11) is -4.80. The minimum atomic E-state index is -4.80. The second-order valence-electron chi connectivity index (χ2n) is 9.71. The molecule has 0 radical (unpaired) electrons. The molecule has 1 fully saturated rings. The second-order valence-corrected chi connectivity index (χ2v) is 10.9. The number of aryl methyl sites for hydroxylation is 1. The number of phosphoric acid groups is 1. The normalized spacial score (nSPS) is 20.3. The number of H-pyrrole nitrogens is 1. The summed E-state index contributed by atoms with van der Waals surface area (Å²) in [5.74, 6) is -0.459. The highest BCUT2D eigenvalue weighted by Gasteiger charge is 2.40. The van der Waals surface area contributed by atoms with Crippen LogP contribution in [0, 0.1) is 6.92 Å². The lowest BCUT2D eigenvalue weighted by molar-refractivity contribution is -0.924. The van der Waals surface area contributed by atoms with Crippen molar-refractivity contribution >= 4 is 13.8 Å². The number of aromatic amines is 1. The van der Waals surface area contributed by atoms with E-state index in [4.69, 9.17) is 19.3 Å². The third-order valence-electron chi connectivity index (χ3n) is 7.47. The van der Waals surface area contributed by atoms with Gasteiger partial charge in [-0.25, -0.2) is 9.36 Å². The number of esters is 1. The van der Waals surface area contributed by atoms with Gasteiger partial charge in [-0.05, 0) is 33.9 Å². The minimum absolute atomic E-state index is 0.0557. The summed E-state index contributed by atoms with van der Waals surface area (Å²) in [6.07, 6.45) is -0.620. The Morgan fingerprint density at radius 2 is 1.87 bits per heavy atom. The maximum Gasteiger partial charge on any atom is 0.469 e. The fraction of sp³-hybridized carbons (Fsp3) is 0.792. The van der Waals surface area contributed by atoms with Crippen molar-refractivity contribution in [2.45, 2.75) is 72.3 Å². The molecule has 3 atom stereocenters. The SMILES string of the molecule is CCN(CC)CC[N+](CC)(CC)CCCC(=O)OC1CC(n2cc(C)c(=O)[nH]c2=O)OC1COP(=O)(O)O. The molecule has 1 aromatic heterocycles. The molecule has 0 aromatic carbocycles. The van der Waals surface area contributed by atoms with E-state index in [9.17, 15) is 18.9 Å². The molecule has 218 valence electrons. The number of hydrogen-bond acceptors (Lipinski definition) is 8. The highest BCUT2D eigenvalue weighted by Crippen LogP contribution is 2.38. The van der Waals surface area contributed by atoms with E-state index >= 15 is 0 Å². The average molecular weight is 564 g/mol. The number of nitrogens with one attached hydrogen (secondary N) is 1. The van der Waals surface area contributed by atoms with Crippen LogP contribution in [0.2, 0.25) is 0 Å². The van der Waals surface area contributed by atoms with Crippen molar-refractivity contribution in [2.75, 3.05) is 52.4 Å². The monoisotopic (exact) mass is 563 g/mol. The molecule has 0 saturated carbocycles. The summed E-state index contributed by atoms with van der Waals surface area (Å²) < 4.78 is 29.3. The van der Waals surface area contributed by atoms with E-state index < -0.39 is 50.1 Å². The van der Waals surface area contributed by atoms with Crippen LogP contribution < -0.4 is 11.2 Å². The number of quaternary nitrogens is 1. The van der Waals surface area contributed by atoms with E-state index in [1.807, 2.05) is 0 Å². The Morgan fingerprint density at radius 3 is 2.45 bits per heavy atom. The molecule has 0 bridgehead atoms. The molecule has 0 amide bonds. The van der Waals surface area contributed by atoms with E-state index in [1.54, 1.807) is 0 Å². The molecule has 3 unspecified atom stereocenters. The lowest BCUT2D eigenvalue weighted by Gasteiger charge is -2.38. The van der Waals surface area contributed by atoms with Crippen LogP contribution in [0.1, 0.15) is 58.7 Å². The van der Waals surface area contributed by atoms with Crippen LogP contribution in [0.5, 0.6) is 0 Å². The zero-order valence-electron chi connectivity index (χ0n) is 23.1. The Bertz CT molecular complexity index is 1060. The molecule has 0 spiro atoms. The molecule has 2 rings (SSSR count). The van der Waals surface area contributed by atoms with Gasteiger partial charge in [0.25, 0.3) is 5.56 Å². The molecule has 1 aromatic rings. The lowest BCUT2D eigenvalue weighted by Crippen LogP contribution is -2.52. The van der Waals surface area contributed by atoms with Crippen LogP contribution in [0.25, 0.3) is 0 Å². The summed E-state index contributed by atoms with van der Waals surface area (Å²) >= 11 is 0. The summed E-state index contributed by atoms with van der Waals surface area (Å²) in [4.78, 5) is 59.6. The molecule has 38 heavy (non-hydrogen) atoms. The van der Waals surface area contributed by atoms with Crippen molar-refractivity contribution in [3.8, 4) is 0 Å². The number of ether oxygens (including phenoxy) is 2. The first-order valence-corrected chi connectivity index (χ1v) is 14.8. The van der Waals surface area contributed by atoms with Crippen LogP contribution >= 0.6 is 7.82 Å². The quantitative estimate of drug-likeness (QED) is 0.151.